The molecule has 0 aromatic carbocycles. The monoisotopic (exact) mass is 325 g/mol. The SMILES string of the molecule is C[C@H](O)CN1CCN(CC(=O)N(C)Cc2ccsc2)C[C@@H]1C. The van der Waals surface area contributed by atoms with Crippen LogP contribution in [0.2, 0.25) is 0 Å². The van der Waals surface area contributed by atoms with E-state index in [1.807, 2.05) is 19.4 Å². The summed E-state index contributed by atoms with van der Waals surface area (Å²) >= 11 is 1.66. The van der Waals surface area contributed by atoms with E-state index in [4.69, 9.17) is 0 Å². The number of piperazine rings is 1. The van der Waals surface area contributed by atoms with E-state index in [1.165, 1.54) is 5.56 Å². The maximum Gasteiger partial charge on any atom is 0.236 e. The molecule has 0 spiro atoms. The van der Waals surface area contributed by atoms with Gasteiger partial charge in [-0.15, -0.1) is 0 Å². The Hall–Kier alpha value is -0.950. The molecule has 1 fully saturated rings. The lowest BCUT2D eigenvalue weighted by Gasteiger charge is -2.40. The summed E-state index contributed by atoms with van der Waals surface area (Å²) in [5, 5.41) is 13.6. The van der Waals surface area contributed by atoms with Gasteiger partial charge in [0.1, 0.15) is 0 Å². The van der Waals surface area contributed by atoms with Crippen LogP contribution in [0.5, 0.6) is 0 Å². The zero-order valence-corrected chi connectivity index (χ0v) is 14.6. The molecule has 0 radical (unpaired) electrons. The molecule has 22 heavy (non-hydrogen) atoms. The van der Waals surface area contributed by atoms with Crippen LogP contribution in [0.4, 0.5) is 0 Å². The van der Waals surface area contributed by atoms with Crippen LogP contribution < -0.4 is 0 Å². The molecular weight excluding hydrogens is 298 g/mol. The molecule has 1 saturated heterocycles. The normalized spacial score (nSPS) is 21.7. The molecule has 0 unspecified atom stereocenters. The number of aliphatic hydroxyl groups is 1. The standard InChI is InChI=1S/C16H27N3O2S/c1-13-8-18(5-6-19(13)9-14(2)20)11-16(21)17(3)10-15-4-7-22-12-15/h4,7,12-14,20H,5-6,8-11H2,1-3H3/t13-,14-/m0/s1. The van der Waals surface area contributed by atoms with Gasteiger partial charge in [-0.1, -0.05) is 0 Å². The van der Waals surface area contributed by atoms with Crippen molar-refractivity contribution in [3.63, 3.8) is 0 Å². The Bertz CT molecular complexity index is 464. The minimum Gasteiger partial charge on any atom is -0.392 e. The van der Waals surface area contributed by atoms with Gasteiger partial charge in [0.2, 0.25) is 5.91 Å². The number of hydrogen-bond donors (Lipinski definition) is 1. The van der Waals surface area contributed by atoms with Crippen molar-refractivity contribution in [3.8, 4) is 0 Å². The van der Waals surface area contributed by atoms with Gasteiger partial charge in [-0.25, -0.2) is 0 Å². The molecule has 2 rings (SSSR count). The van der Waals surface area contributed by atoms with Crippen molar-refractivity contribution in [2.75, 3.05) is 39.8 Å². The number of carbonyl (C=O) groups excluding carboxylic acids is 1. The van der Waals surface area contributed by atoms with Crippen LogP contribution in [0, 0.1) is 0 Å². The fourth-order valence-corrected chi connectivity index (χ4v) is 3.54. The Morgan fingerprint density at radius 1 is 1.55 bits per heavy atom. The summed E-state index contributed by atoms with van der Waals surface area (Å²) in [4.78, 5) is 18.6. The lowest BCUT2D eigenvalue weighted by Crippen LogP contribution is -2.55. The van der Waals surface area contributed by atoms with Crippen LogP contribution in [0.15, 0.2) is 16.8 Å². The molecule has 1 amide bonds. The van der Waals surface area contributed by atoms with E-state index in [9.17, 15) is 9.90 Å². The van der Waals surface area contributed by atoms with E-state index in [2.05, 4.69) is 28.2 Å². The van der Waals surface area contributed by atoms with Crippen LogP contribution in [-0.4, -0.2) is 77.6 Å². The second kappa shape index (κ2) is 8.06. The van der Waals surface area contributed by atoms with Gasteiger partial charge in [-0.05, 0) is 36.2 Å². The molecule has 1 aliphatic rings. The first-order valence-corrected chi connectivity index (χ1v) is 8.79. The fourth-order valence-electron chi connectivity index (χ4n) is 2.88. The maximum absolute atomic E-state index is 12.3. The molecule has 6 heteroatoms. The summed E-state index contributed by atoms with van der Waals surface area (Å²) in [6, 6.07) is 2.43. The van der Waals surface area contributed by atoms with E-state index >= 15 is 0 Å². The number of amides is 1. The first-order valence-electron chi connectivity index (χ1n) is 7.85. The largest absolute Gasteiger partial charge is 0.392 e. The number of carbonyl (C=O) groups is 1. The highest BCUT2D eigenvalue weighted by atomic mass is 32.1. The summed E-state index contributed by atoms with van der Waals surface area (Å²) < 4.78 is 0. The van der Waals surface area contributed by atoms with Crippen LogP contribution in [-0.2, 0) is 11.3 Å². The van der Waals surface area contributed by atoms with Crippen LogP contribution in [0.1, 0.15) is 19.4 Å². The Balaban J connectivity index is 1.78. The lowest BCUT2D eigenvalue weighted by atomic mass is 10.1. The van der Waals surface area contributed by atoms with E-state index in [0.717, 1.165) is 19.6 Å². The predicted molar refractivity (Wildman–Crippen MR) is 89.9 cm³/mol. The van der Waals surface area contributed by atoms with E-state index < -0.39 is 0 Å². The summed E-state index contributed by atoms with van der Waals surface area (Å²) in [6.07, 6.45) is -0.299. The molecule has 1 aromatic rings. The van der Waals surface area contributed by atoms with Gasteiger partial charge in [0.25, 0.3) is 0 Å². The van der Waals surface area contributed by atoms with Crippen LogP contribution in [0.25, 0.3) is 0 Å². The molecule has 0 saturated carbocycles. The third-order valence-corrected chi connectivity index (χ3v) is 4.86. The molecule has 2 atom stereocenters. The third-order valence-electron chi connectivity index (χ3n) is 4.13. The van der Waals surface area contributed by atoms with Crippen molar-refractivity contribution >= 4 is 17.2 Å². The first-order chi connectivity index (χ1) is 10.5. The van der Waals surface area contributed by atoms with Gasteiger partial charge >= 0.3 is 0 Å². The van der Waals surface area contributed by atoms with Crippen LogP contribution >= 0.6 is 11.3 Å². The number of aliphatic hydroxyl groups excluding tert-OH is 1. The highest BCUT2D eigenvalue weighted by molar-refractivity contribution is 7.07. The highest BCUT2D eigenvalue weighted by Crippen LogP contribution is 2.12. The lowest BCUT2D eigenvalue weighted by molar-refractivity contribution is -0.132. The highest BCUT2D eigenvalue weighted by Gasteiger charge is 2.26. The molecule has 124 valence electrons. The fraction of sp³-hybridized carbons (Fsp3) is 0.688. The molecule has 1 N–H and O–H groups in total. The second-order valence-electron chi connectivity index (χ2n) is 6.31. The van der Waals surface area contributed by atoms with Gasteiger partial charge in [-0.2, -0.15) is 11.3 Å². The van der Waals surface area contributed by atoms with Crippen molar-refractivity contribution in [1.29, 1.82) is 0 Å². The van der Waals surface area contributed by atoms with E-state index in [0.29, 0.717) is 25.7 Å². The third kappa shape index (κ3) is 5.05. The zero-order chi connectivity index (χ0) is 16.1. The minimum absolute atomic E-state index is 0.169. The number of thiophene rings is 1. The number of likely N-dealkylation sites (N-methyl/N-ethyl adjacent to an activating group) is 1. The minimum atomic E-state index is -0.299. The molecule has 0 aliphatic carbocycles. The Labute approximate surface area is 137 Å². The number of β-amino-alcohol motifs (C(OH)–C–C–N with tert-alkyl or cyclic N) is 1. The summed E-state index contributed by atoms with van der Waals surface area (Å²) in [5.41, 5.74) is 1.19. The van der Waals surface area contributed by atoms with Crippen molar-refractivity contribution in [1.82, 2.24) is 14.7 Å². The summed E-state index contributed by atoms with van der Waals surface area (Å²) in [7, 11) is 1.87. The van der Waals surface area contributed by atoms with E-state index in [1.54, 1.807) is 16.2 Å². The van der Waals surface area contributed by atoms with Gasteiger partial charge in [0, 0.05) is 45.8 Å². The number of rotatable bonds is 6. The van der Waals surface area contributed by atoms with Gasteiger partial charge in [0.15, 0.2) is 0 Å². The van der Waals surface area contributed by atoms with Crippen LogP contribution in [0.3, 0.4) is 0 Å². The first kappa shape index (κ1) is 17.4. The van der Waals surface area contributed by atoms with Gasteiger partial charge in [-0.3, -0.25) is 14.6 Å². The zero-order valence-electron chi connectivity index (χ0n) is 13.7. The Kier molecular flexibility index (Phi) is 6.37. The van der Waals surface area contributed by atoms with Gasteiger partial charge in [0.05, 0.1) is 12.6 Å². The quantitative estimate of drug-likeness (QED) is 0.851. The topological polar surface area (TPSA) is 47.0 Å². The molecule has 2 heterocycles. The van der Waals surface area contributed by atoms with E-state index in [-0.39, 0.29) is 12.0 Å². The molecule has 1 aliphatic heterocycles. The molecule has 5 nitrogen and oxygen atoms in total. The molecule has 1 aromatic heterocycles. The summed E-state index contributed by atoms with van der Waals surface area (Å²) in [6.45, 7) is 8.53. The average molecular weight is 325 g/mol. The summed E-state index contributed by atoms with van der Waals surface area (Å²) in [5.74, 6) is 0.169. The Morgan fingerprint density at radius 3 is 2.91 bits per heavy atom. The smallest absolute Gasteiger partial charge is 0.236 e. The molecule has 0 bridgehead atoms. The second-order valence-corrected chi connectivity index (χ2v) is 7.09. The number of hydrogen-bond acceptors (Lipinski definition) is 5. The molecular formula is C16H27N3O2S. The van der Waals surface area contributed by atoms with Crippen molar-refractivity contribution < 1.29 is 9.90 Å². The van der Waals surface area contributed by atoms with Gasteiger partial charge < -0.3 is 10.0 Å². The van der Waals surface area contributed by atoms with Crippen molar-refractivity contribution in [3.05, 3.63) is 22.4 Å². The van der Waals surface area contributed by atoms with Crippen molar-refractivity contribution in [2.45, 2.75) is 32.5 Å². The average Bonchev–Trinajstić information content (AvgIpc) is 2.94. The maximum atomic E-state index is 12.3. The van der Waals surface area contributed by atoms with Crippen molar-refractivity contribution in [2.24, 2.45) is 0 Å². The Morgan fingerprint density at radius 2 is 2.32 bits per heavy atom. The predicted octanol–water partition coefficient (Wildman–Crippen LogP) is 1.09. The number of nitrogens with zero attached hydrogens (tertiary/aromatic N) is 3.